The molecule has 0 aromatic heterocycles. The van der Waals surface area contributed by atoms with E-state index in [1.54, 1.807) is 0 Å². The minimum atomic E-state index is 0.243. The lowest BCUT2D eigenvalue weighted by Gasteiger charge is -2.33. The highest BCUT2D eigenvalue weighted by atomic mass is 16.3. The fourth-order valence-electron chi connectivity index (χ4n) is 2.59. The molecule has 0 amide bonds. The van der Waals surface area contributed by atoms with Gasteiger partial charge in [0.2, 0.25) is 0 Å². The Morgan fingerprint density at radius 1 is 1.38 bits per heavy atom. The molecule has 1 fully saturated rings. The zero-order valence-electron chi connectivity index (χ0n) is 11.3. The van der Waals surface area contributed by atoms with Crippen LogP contribution in [-0.2, 0) is 0 Å². The molecular weight excluding hydrogens is 200 g/mol. The highest BCUT2D eigenvalue weighted by Gasteiger charge is 2.31. The van der Waals surface area contributed by atoms with Gasteiger partial charge >= 0.3 is 0 Å². The second-order valence-corrected chi connectivity index (χ2v) is 5.89. The van der Waals surface area contributed by atoms with Crippen molar-refractivity contribution in [3.63, 3.8) is 0 Å². The van der Waals surface area contributed by atoms with Crippen molar-refractivity contribution in [2.45, 2.75) is 64.6 Å². The summed E-state index contributed by atoms with van der Waals surface area (Å²) in [6, 6.07) is 0.695. The van der Waals surface area contributed by atoms with Crippen LogP contribution in [0.4, 0.5) is 0 Å². The predicted octanol–water partition coefficient (Wildman–Crippen LogP) is 1.61. The second-order valence-electron chi connectivity index (χ2n) is 5.89. The van der Waals surface area contributed by atoms with Gasteiger partial charge in [0.1, 0.15) is 0 Å². The maximum atomic E-state index is 9.30. The Balaban J connectivity index is 2.32. The minimum Gasteiger partial charge on any atom is -0.395 e. The molecule has 16 heavy (non-hydrogen) atoms. The van der Waals surface area contributed by atoms with Crippen molar-refractivity contribution in [3.05, 3.63) is 0 Å². The van der Waals surface area contributed by atoms with Crippen LogP contribution in [-0.4, -0.2) is 47.3 Å². The molecule has 2 N–H and O–H groups in total. The summed E-state index contributed by atoms with van der Waals surface area (Å²) in [5.74, 6) is 0. The van der Waals surface area contributed by atoms with Crippen molar-refractivity contribution in [1.29, 1.82) is 0 Å². The van der Waals surface area contributed by atoms with Gasteiger partial charge in [-0.25, -0.2) is 0 Å². The van der Waals surface area contributed by atoms with E-state index >= 15 is 0 Å². The van der Waals surface area contributed by atoms with E-state index in [1.165, 1.54) is 19.4 Å². The van der Waals surface area contributed by atoms with Crippen molar-refractivity contribution in [3.8, 4) is 0 Å². The fraction of sp³-hybridized carbons (Fsp3) is 1.00. The number of nitrogens with one attached hydrogen (secondary N) is 1. The molecule has 0 radical (unpaired) electrons. The lowest BCUT2D eigenvalue weighted by molar-refractivity contribution is 0.151. The summed E-state index contributed by atoms with van der Waals surface area (Å²) in [4.78, 5) is 2.55. The lowest BCUT2D eigenvalue weighted by atomic mass is 10.0. The maximum absolute atomic E-state index is 9.30. The second kappa shape index (κ2) is 5.99. The highest BCUT2D eigenvalue weighted by molar-refractivity contribution is 4.88. The molecule has 1 rings (SSSR count). The van der Waals surface area contributed by atoms with Crippen LogP contribution in [0.15, 0.2) is 0 Å². The quantitative estimate of drug-likeness (QED) is 0.725. The van der Waals surface area contributed by atoms with Crippen LogP contribution < -0.4 is 5.32 Å². The Bertz CT molecular complexity index is 204. The van der Waals surface area contributed by atoms with Gasteiger partial charge < -0.3 is 10.4 Å². The topological polar surface area (TPSA) is 35.5 Å². The summed E-state index contributed by atoms with van der Waals surface area (Å²) >= 11 is 0. The third-order valence-corrected chi connectivity index (χ3v) is 3.61. The van der Waals surface area contributed by atoms with E-state index in [-0.39, 0.29) is 12.6 Å². The van der Waals surface area contributed by atoms with Gasteiger partial charge in [0.25, 0.3) is 0 Å². The number of likely N-dealkylation sites (tertiary alicyclic amines) is 1. The lowest BCUT2D eigenvalue weighted by Crippen LogP contribution is -2.44. The predicted molar refractivity (Wildman–Crippen MR) is 68.6 cm³/mol. The van der Waals surface area contributed by atoms with Crippen LogP contribution in [0.3, 0.4) is 0 Å². The average Bonchev–Trinajstić information content (AvgIpc) is 2.52. The Kier molecular flexibility index (Phi) is 5.22. The number of aliphatic hydroxyl groups excluding tert-OH is 1. The molecule has 0 bridgehead atoms. The SMILES string of the molecule is CC(C)NC(CO)CCN1CCCC1(C)C. The van der Waals surface area contributed by atoms with E-state index in [2.05, 4.69) is 37.9 Å². The number of rotatable bonds is 6. The molecule has 3 nitrogen and oxygen atoms in total. The Hall–Kier alpha value is -0.120. The van der Waals surface area contributed by atoms with Crippen LogP contribution in [0.5, 0.6) is 0 Å². The molecule has 3 heteroatoms. The smallest absolute Gasteiger partial charge is 0.0585 e. The van der Waals surface area contributed by atoms with E-state index < -0.39 is 0 Å². The van der Waals surface area contributed by atoms with E-state index in [1.807, 2.05) is 0 Å². The first-order chi connectivity index (χ1) is 7.45. The molecule has 1 heterocycles. The monoisotopic (exact) mass is 228 g/mol. The highest BCUT2D eigenvalue weighted by Crippen LogP contribution is 2.28. The van der Waals surface area contributed by atoms with E-state index in [0.717, 1.165) is 13.0 Å². The number of hydrogen-bond acceptors (Lipinski definition) is 3. The van der Waals surface area contributed by atoms with Crippen molar-refractivity contribution in [1.82, 2.24) is 10.2 Å². The van der Waals surface area contributed by atoms with E-state index in [4.69, 9.17) is 0 Å². The minimum absolute atomic E-state index is 0.243. The Morgan fingerprint density at radius 3 is 2.50 bits per heavy atom. The summed E-state index contributed by atoms with van der Waals surface area (Å²) in [6.07, 6.45) is 3.65. The summed E-state index contributed by atoms with van der Waals surface area (Å²) < 4.78 is 0. The molecule has 0 spiro atoms. The molecular formula is C13H28N2O. The molecule has 1 aliphatic heterocycles. The molecule has 0 aromatic carbocycles. The van der Waals surface area contributed by atoms with Crippen LogP contribution in [0.1, 0.15) is 47.0 Å². The van der Waals surface area contributed by atoms with Gasteiger partial charge in [-0.3, -0.25) is 4.90 Å². The van der Waals surface area contributed by atoms with Gasteiger partial charge in [0.05, 0.1) is 6.61 Å². The fourth-order valence-corrected chi connectivity index (χ4v) is 2.59. The van der Waals surface area contributed by atoms with Crippen molar-refractivity contribution >= 4 is 0 Å². The normalized spacial score (nSPS) is 22.9. The summed E-state index contributed by atoms with van der Waals surface area (Å²) in [6.45, 7) is 11.5. The molecule has 1 aliphatic rings. The van der Waals surface area contributed by atoms with E-state index in [0.29, 0.717) is 11.6 Å². The molecule has 1 saturated heterocycles. The van der Waals surface area contributed by atoms with Crippen molar-refractivity contribution in [2.24, 2.45) is 0 Å². The van der Waals surface area contributed by atoms with Crippen LogP contribution in [0.25, 0.3) is 0 Å². The number of aliphatic hydroxyl groups is 1. The van der Waals surface area contributed by atoms with Crippen molar-refractivity contribution < 1.29 is 5.11 Å². The van der Waals surface area contributed by atoms with Gasteiger partial charge in [0.15, 0.2) is 0 Å². The van der Waals surface area contributed by atoms with Crippen LogP contribution in [0.2, 0.25) is 0 Å². The molecule has 0 saturated carbocycles. The van der Waals surface area contributed by atoms with E-state index in [9.17, 15) is 5.11 Å². The Morgan fingerprint density at radius 2 is 2.06 bits per heavy atom. The Labute approximate surface area is 100 Å². The van der Waals surface area contributed by atoms with Gasteiger partial charge in [-0.15, -0.1) is 0 Å². The standard InChI is InChI=1S/C13H28N2O/c1-11(2)14-12(10-16)6-9-15-8-5-7-13(15,3)4/h11-12,14,16H,5-10H2,1-4H3. The maximum Gasteiger partial charge on any atom is 0.0585 e. The molecule has 0 aliphatic carbocycles. The first-order valence-corrected chi connectivity index (χ1v) is 6.57. The van der Waals surface area contributed by atoms with Gasteiger partial charge in [-0.05, 0) is 39.7 Å². The molecule has 0 aromatic rings. The zero-order chi connectivity index (χ0) is 12.2. The number of hydrogen-bond donors (Lipinski definition) is 2. The molecule has 1 unspecified atom stereocenters. The summed E-state index contributed by atoms with van der Waals surface area (Å²) in [7, 11) is 0. The molecule has 96 valence electrons. The van der Waals surface area contributed by atoms with Crippen LogP contribution in [0, 0.1) is 0 Å². The third kappa shape index (κ3) is 4.04. The largest absolute Gasteiger partial charge is 0.395 e. The average molecular weight is 228 g/mol. The van der Waals surface area contributed by atoms with Gasteiger partial charge in [-0.2, -0.15) is 0 Å². The van der Waals surface area contributed by atoms with Gasteiger partial charge in [-0.1, -0.05) is 13.8 Å². The molecule has 1 atom stereocenters. The third-order valence-electron chi connectivity index (χ3n) is 3.61. The van der Waals surface area contributed by atoms with Gasteiger partial charge in [0, 0.05) is 24.2 Å². The van der Waals surface area contributed by atoms with Crippen LogP contribution >= 0.6 is 0 Å². The number of nitrogens with zero attached hydrogens (tertiary/aromatic N) is 1. The summed E-state index contributed by atoms with van der Waals surface area (Å²) in [5.41, 5.74) is 0.359. The zero-order valence-corrected chi connectivity index (χ0v) is 11.3. The first kappa shape index (κ1) is 13.9. The van der Waals surface area contributed by atoms with Crippen molar-refractivity contribution in [2.75, 3.05) is 19.7 Å². The first-order valence-electron chi connectivity index (χ1n) is 6.57. The summed E-state index contributed by atoms with van der Waals surface area (Å²) in [5, 5.41) is 12.7.